The van der Waals surface area contributed by atoms with Crippen LogP contribution >= 0.6 is 24.0 Å². The number of hydrogen-bond donors (Lipinski definition) is 3. The number of imidazole rings is 1. The molecule has 1 aliphatic rings. The van der Waals surface area contributed by atoms with Crippen LogP contribution in [0.3, 0.4) is 0 Å². The molecule has 0 bridgehead atoms. The van der Waals surface area contributed by atoms with Gasteiger partial charge in [0.25, 0.3) is 0 Å². The van der Waals surface area contributed by atoms with Crippen molar-refractivity contribution in [2.75, 3.05) is 46.4 Å². The van der Waals surface area contributed by atoms with Gasteiger partial charge < -0.3 is 20.4 Å². The second kappa shape index (κ2) is 12.3. The average Bonchev–Trinajstić information content (AvgIpc) is 3.12. The predicted octanol–water partition coefficient (Wildman–Crippen LogP) is 2.64. The maximum Gasteiger partial charge on any atom is 0.191 e. The average molecular weight is 514 g/mol. The van der Waals surface area contributed by atoms with E-state index in [4.69, 9.17) is 4.74 Å². The summed E-state index contributed by atoms with van der Waals surface area (Å²) >= 11 is 0. The maximum absolute atomic E-state index is 5.51. The molecule has 162 valence electrons. The van der Waals surface area contributed by atoms with Crippen LogP contribution in [0.5, 0.6) is 0 Å². The van der Waals surface area contributed by atoms with E-state index in [0.717, 1.165) is 68.6 Å². The molecule has 3 rings (SSSR count). The van der Waals surface area contributed by atoms with Crippen LogP contribution < -0.4 is 10.6 Å². The van der Waals surface area contributed by atoms with Gasteiger partial charge in [-0.05, 0) is 24.5 Å². The number of aliphatic imine (C=N–C) groups is 1. The first-order valence-electron chi connectivity index (χ1n) is 10.4. The largest absolute Gasteiger partial charge is 0.379 e. The van der Waals surface area contributed by atoms with Crippen molar-refractivity contribution in [3.63, 3.8) is 0 Å². The molecule has 1 atom stereocenters. The molecule has 1 fully saturated rings. The maximum atomic E-state index is 5.51. The summed E-state index contributed by atoms with van der Waals surface area (Å²) in [6.07, 6.45) is 2.00. The van der Waals surface area contributed by atoms with Gasteiger partial charge in [0.15, 0.2) is 5.96 Å². The number of rotatable bonds is 8. The van der Waals surface area contributed by atoms with E-state index < -0.39 is 0 Å². The lowest BCUT2D eigenvalue weighted by Gasteiger charge is -2.35. The van der Waals surface area contributed by atoms with Crippen LogP contribution in [0.15, 0.2) is 29.3 Å². The Labute approximate surface area is 191 Å². The van der Waals surface area contributed by atoms with E-state index >= 15 is 0 Å². The van der Waals surface area contributed by atoms with Crippen LogP contribution in [0.25, 0.3) is 11.0 Å². The number of H-pyrrole nitrogens is 1. The van der Waals surface area contributed by atoms with Crippen LogP contribution in [0.1, 0.15) is 26.1 Å². The van der Waals surface area contributed by atoms with Crippen molar-refractivity contribution in [3.8, 4) is 0 Å². The fourth-order valence-electron chi connectivity index (χ4n) is 3.71. The number of nitrogens with zero attached hydrogens (tertiary/aromatic N) is 3. The summed E-state index contributed by atoms with van der Waals surface area (Å²) < 4.78 is 5.51. The molecule has 0 radical (unpaired) electrons. The summed E-state index contributed by atoms with van der Waals surface area (Å²) in [4.78, 5) is 14.9. The Morgan fingerprint density at radius 3 is 2.69 bits per heavy atom. The monoisotopic (exact) mass is 514 g/mol. The number of aromatic amines is 1. The molecule has 0 amide bonds. The zero-order chi connectivity index (χ0) is 19.8. The van der Waals surface area contributed by atoms with Gasteiger partial charge in [0, 0.05) is 45.7 Å². The van der Waals surface area contributed by atoms with Gasteiger partial charge in [0.05, 0.1) is 24.2 Å². The molecule has 1 aromatic carbocycles. The number of hydrogen-bond acceptors (Lipinski definition) is 4. The van der Waals surface area contributed by atoms with Gasteiger partial charge in [-0.25, -0.2) is 4.98 Å². The van der Waals surface area contributed by atoms with Gasteiger partial charge >= 0.3 is 0 Å². The number of morpholine rings is 1. The Morgan fingerprint density at radius 2 is 2.00 bits per heavy atom. The van der Waals surface area contributed by atoms with Crippen molar-refractivity contribution in [3.05, 3.63) is 30.1 Å². The smallest absolute Gasteiger partial charge is 0.191 e. The zero-order valence-corrected chi connectivity index (χ0v) is 20.1. The summed E-state index contributed by atoms with van der Waals surface area (Å²) in [7, 11) is 1.82. The van der Waals surface area contributed by atoms with Crippen molar-refractivity contribution >= 4 is 41.0 Å². The van der Waals surface area contributed by atoms with Gasteiger partial charge in [0.1, 0.15) is 5.82 Å². The minimum Gasteiger partial charge on any atom is -0.379 e. The van der Waals surface area contributed by atoms with Gasteiger partial charge in [0.2, 0.25) is 0 Å². The molecule has 0 aliphatic carbocycles. The summed E-state index contributed by atoms with van der Waals surface area (Å²) in [5.41, 5.74) is 2.10. The third kappa shape index (κ3) is 7.42. The molecule has 29 heavy (non-hydrogen) atoms. The van der Waals surface area contributed by atoms with E-state index in [0.29, 0.717) is 12.0 Å². The first-order chi connectivity index (χ1) is 13.7. The molecule has 1 aromatic heterocycles. The van der Waals surface area contributed by atoms with Gasteiger partial charge in [-0.1, -0.05) is 26.0 Å². The summed E-state index contributed by atoms with van der Waals surface area (Å²) in [6, 6.07) is 8.62. The molecular formula is C21H35IN6O. The first kappa shape index (κ1) is 23.9. The van der Waals surface area contributed by atoms with Crippen LogP contribution in [-0.2, 0) is 11.2 Å². The van der Waals surface area contributed by atoms with E-state index in [1.807, 2.05) is 25.2 Å². The normalized spacial score (nSPS) is 16.6. The molecule has 1 unspecified atom stereocenters. The predicted molar refractivity (Wildman–Crippen MR) is 130 cm³/mol. The molecule has 0 saturated carbocycles. The SMILES string of the molecule is CN=C(NCCc1nc2ccccc2[nH]1)NCC(CC(C)C)N1CCOCC1.I. The minimum atomic E-state index is 0. The zero-order valence-electron chi connectivity index (χ0n) is 17.8. The van der Waals surface area contributed by atoms with E-state index in [1.165, 1.54) is 6.42 Å². The molecule has 7 nitrogen and oxygen atoms in total. The van der Waals surface area contributed by atoms with Crippen LogP contribution in [0.4, 0.5) is 0 Å². The second-order valence-electron chi connectivity index (χ2n) is 7.76. The van der Waals surface area contributed by atoms with E-state index in [-0.39, 0.29) is 24.0 Å². The van der Waals surface area contributed by atoms with Gasteiger partial charge in [-0.15, -0.1) is 24.0 Å². The van der Waals surface area contributed by atoms with Crippen LogP contribution in [0, 0.1) is 5.92 Å². The number of para-hydroxylation sites is 2. The van der Waals surface area contributed by atoms with E-state index in [1.54, 1.807) is 0 Å². The highest BCUT2D eigenvalue weighted by molar-refractivity contribution is 14.0. The molecule has 8 heteroatoms. The summed E-state index contributed by atoms with van der Waals surface area (Å²) in [5.74, 6) is 2.51. The van der Waals surface area contributed by atoms with Crippen LogP contribution in [-0.4, -0.2) is 73.3 Å². The van der Waals surface area contributed by atoms with Crippen molar-refractivity contribution in [2.24, 2.45) is 10.9 Å². The minimum absolute atomic E-state index is 0. The number of benzene rings is 1. The molecule has 1 aliphatic heterocycles. The standard InChI is InChI=1S/C21H34N6O.HI/c1-16(2)14-17(27-10-12-28-13-11-27)15-24-21(22-3)23-9-8-20-25-18-6-4-5-7-19(18)26-20;/h4-7,16-17H,8-15H2,1-3H3,(H,25,26)(H2,22,23,24);1H. The van der Waals surface area contributed by atoms with E-state index in [2.05, 4.69) is 50.4 Å². The number of aromatic nitrogens is 2. The highest BCUT2D eigenvalue weighted by Gasteiger charge is 2.22. The molecule has 2 heterocycles. The topological polar surface area (TPSA) is 77.6 Å². The van der Waals surface area contributed by atoms with Crippen LogP contribution in [0.2, 0.25) is 0 Å². The van der Waals surface area contributed by atoms with Crippen molar-refractivity contribution < 1.29 is 4.74 Å². The lowest BCUT2D eigenvalue weighted by Crippen LogP contribution is -2.51. The number of ether oxygens (including phenoxy) is 1. The van der Waals surface area contributed by atoms with Gasteiger partial charge in [-0.2, -0.15) is 0 Å². The number of halogens is 1. The first-order valence-corrected chi connectivity index (χ1v) is 10.4. The highest BCUT2D eigenvalue weighted by atomic mass is 127. The number of nitrogens with one attached hydrogen (secondary N) is 3. The lowest BCUT2D eigenvalue weighted by atomic mass is 10.0. The van der Waals surface area contributed by atoms with Crippen molar-refractivity contribution in [1.82, 2.24) is 25.5 Å². The van der Waals surface area contributed by atoms with Crippen molar-refractivity contribution in [1.29, 1.82) is 0 Å². The molecule has 3 N–H and O–H groups in total. The Balaban J connectivity index is 0.00000300. The summed E-state index contributed by atoms with van der Waals surface area (Å²) in [5, 5.41) is 6.92. The third-order valence-corrected chi connectivity index (χ3v) is 5.13. The van der Waals surface area contributed by atoms with E-state index in [9.17, 15) is 0 Å². The fourth-order valence-corrected chi connectivity index (χ4v) is 3.71. The quantitative estimate of drug-likeness (QED) is 0.287. The third-order valence-electron chi connectivity index (χ3n) is 5.13. The Morgan fingerprint density at radius 1 is 1.24 bits per heavy atom. The highest BCUT2D eigenvalue weighted by Crippen LogP contribution is 2.13. The Kier molecular flexibility index (Phi) is 10.2. The number of fused-ring (bicyclic) bond motifs is 1. The van der Waals surface area contributed by atoms with Gasteiger partial charge in [-0.3, -0.25) is 9.89 Å². The molecule has 0 spiro atoms. The molecule has 1 saturated heterocycles. The second-order valence-corrected chi connectivity index (χ2v) is 7.76. The lowest BCUT2D eigenvalue weighted by molar-refractivity contribution is 0.0132. The Bertz CT molecular complexity index is 723. The molecule has 2 aromatic rings. The molecular weight excluding hydrogens is 479 g/mol. The number of guanidine groups is 1. The fraction of sp³-hybridized carbons (Fsp3) is 0.619. The van der Waals surface area contributed by atoms with Crippen molar-refractivity contribution in [2.45, 2.75) is 32.7 Å². The summed E-state index contributed by atoms with van der Waals surface area (Å²) in [6.45, 7) is 9.93. The Hall–Kier alpha value is -1.39.